The lowest BCUT2D eigenvalue weighted by molar-refractivity contribution is 0.328. The second kappa shape index (κ2) is 5.56. The highest BCUT2D eigenvalue weighted by molar-refractivity contribution is 6.23. The number of nitrogens with zero attached hydrogens (tertiary/aromatic N) is 3. The Balaban J connectivity index is 1.73. The molecule has 6 heteroatoms. The van der Waals surface area contributed by atoms with Gasteiger partial charge in [-0.1, -0.05) is 12.1 Å². The summed E-state index contributed by atoms with van der Waals surface area (Å²) in [7, 11) is 0. The van der Waals surface area contributed by atoms with E-state index in [-0.39, 0.29) is 11.6 Å². The van der Waals surface area contributed by atoms with Crippen LogP contribution in [0.15, 0.2) is 52.8 Å². The van der Waals surface area contributed by atoms with Crippen LogP contribution in [0.1, 0.15) is 18.5 Å². The van der Waals surface area contributed by atoms with Crippen LogP contribution in [-0.2, 0) is 13.1 Å². The van der Waals surface area contributed by atoms with E-state index in [0.29, 0.717) is 24.5 Å². The molecule has 0 bridgehead atoms. The van der Waals surface area contributed by atoms with E-state index in [2.05, 4.69) is 4.98 Å². The van der Waals surface area contributed by atoms with Gasteiger partial charge < -0.3 is 19.0 Å². The highest BCUT2D eigenvalue weighted by Gasteiger charge is 2.32. The minimum atomic E-state index is 0.177. The predicted octanol–water partition coefficient (Wildman–Crippen LogP) is 3.41. The summed E-state index contributed by atoms with van der Waals surface area (Å²) in [4.78, 5) is 6.43. The fourth-order valence-corrected chi connectivity index (χ4v) is 3.18. The first-order valence-electron chi connectivity index (χ1n) is 7.93. The number of hydrogen-bond donors (Lipinski definition) is 2. The monoisotopic (exact) mass is 322 g/mol. The van der Waals surface area contributed by atoms with Crippen molar-refractivity contribution in [3.63, 3.8) is 0 Å². The fraction of sp³-hybridized carbons (Fsp3) is 0.222. The molecule has 0 atom stereocenters. The number of fused-ring (bicyclic) bond motifs is 1. The lowest BCUT2D eigenvalue weighted by Crippen LogP contribution is -2.26. The number of hydrogen-bond acceptors (Lipinski definition) is 4. The lowest BCUT2D eigenvalue weighted by atomic mass is 10.2. The van der Waals surface area contributed by atoms with Crippen LogP contribution in [0.3, 0.4) is 0 Å². The third-order valence-electron chi connectivity index (χ3n) is 4.30. The second-order valence-corrected chi connectivity index (χ2v) is 5.77. The number of rotatable bonds is 4. The molecular formula is C18H18N4O2. The topological polar surface area (TPSA) is 78.3 Å². The van der Waals surface area contributed by atoms with Crippen molar-refractivity contribution in [3.8, 4) is 0 Å². The van der Waals surface area contributed by atoms with Crippen LogP contribution >= 0.6 is 0 Å². The van der Waals surface area contributed by atoms with Crippen molar-refractivity contribution < 1.29 is 9.52 Å². The molecule has 0 spiro atoms. The number of furan rings is 1. The minimum Gasteiger partial charge on any atom is -0.510 e. The Morgan fingerprint density at radius 3 is 2.83 bits per heavy atom. The maximum Gasteiger partial charge on any atom is 0.148 e. The van der Waals surface area contributed by atoms with Crippen LogP contribution in [0.5, 0.6) is 0 Å². The van der Waals surface area contributed by atoms with E-state index in [1.54, 1.807) is 11.2 Å². The molecule has 0 unspecified atom stereocenters. The maximum atomic E-state index is 10.5. The molecule has 2 aromatic heterocycles. The smallest absolute Gasteiger partial charge is 0.148 e. The van der Waals surface area contributed by atoms with Gasteiger partial charge in [-0.3, -0.25) is 5.41 Å². The third-order valence-corrected chi connectivity index (χ3v) is 4.30. The highest BCUT2D eigenvalue weighted by atomic mass is 16.3. The second-order valence-electron chi connectivity index (χ2n) is 5.77. The van der Waals surface area contributed by atoms with E-state index >= 15 is 0 Å². The van der Waals surface area contributed by atoms with Gasteiger partial charge in [-0.15, -0.1) is 0 Å². The number of para-hydroxylation sites is 2. The summed E-state index contributed by atoms with van der Waals surface area (Å²) in [6, 6.07) is 11.5. The van der Waals surface area contributed by atoms with Crippen LogP contribution in [0, 0.1) is 5.41 Å². The predicted molar refractivity (Wildman–Crippen MR) is 91.8 cm³/mol. The molecule has 3 heterocycles. The molecule has 1 aromatic carbocycles. The summed E-state index contributed by atoms with van der Waals surface area (Å²) in [5.74, 6) is 1.85. The summed E-state index contributed by atoms with van der Waals surface area (Å²) in [6.07, 6.45) is 1.61. The highest BCUT2D eigenvalue weighted by Crippen LogP contribution is 2.30. The Kier molecular flexibility index (Phi) is 3.37. The Bertz CT molecular complexity index is 937. The molecule has 0 radical (unpaired) electrons. The van der Waals surface area contributed by atoms with Gasteiger partial charge in [0.15, 0.2) is 0 Å². The van der Waals surface area contributed by atoms with Crippen molar-refractivity contribution >= 4 is 22.4 Å². The molecule has 24 heavy (non-hydrogen) atoms. The van der Waals surface area contributed by atoms with Crippen molar-refractivity contribution in [2.24, 2.45) is 0 Å². The molecule has 0 fully saturated rings. The van der Waals surface area contributed by atoms with Crippen LogP contribution in [0.2, 0.25) is 0 Å². The molecular weight excluding hydrogens is 304 g/mol. The number of aryl methyl sites for hydroxylation is 1. The first-order valence-corrected chi connectivity index (χ1v) is 7.93. The molecule has 1 aliphatic heterocycles. The first kappa shape index (κ1) is 14.6. The summed E-state index contributed by atoms with van der Waals surface area (Å²) in [5, 5.41) is 19.0. The largest absolute Gasteiger partial charge is 0.510 e. The van der Waals surface area contributed by atoms with Gasteiger partial charge in [0.2, 0.25) is 0 Å². The average molecular weight is 322 g/mol. The molecule has 1 aliphatic rings. The van der Waals surface area contributed by atoms with Crippen molar-refractivity contribution in [2.45, 2.75) is 20.0 Å². The molecule has 0 amide bonds. The summed E-state index contributed by atoms with van der Waals surface area (Å²) >= 11 is 0. The molecule has 122 valence electrons. The minimum absolute atomic E-state index is 0.177. The Morgan fingerprint density at radius 1 is 1.25 bits per heavy atom. The van der Waals surface area contributed by atoms with Gasteiger partial charge in [-0.2, -0.15) is 0 Å². The number of benzene rings is 1. The number of amidine groups is 1. The zero-order valence-corrected chi connectivity index (χ0v) is 13.4. The van der Waals surface area contributed by atoms with Gasteiger partial charge in [-0.05, 0) is 31.2 Å². The van der Waals surface area contributed by atoms with Gasteiger partial charge in [0, 0.05) is 6.54 Å². The van der Waals surface area contributed by atoms with Gasteiger partial charge in [-0.25, -0.2) is 4.98 Å². The molecule has 2 N–H and O–H groups in total. The first-order chi connectivity index (χ1) is 11.7. The maximum absolute atomic E-state index is 10.5. The van der Waals surface area contributed by atoms with E-state index < -0.39 is 0 Å². The average Bonchev–Trinajstić information content (AvgIpc) is 3.26. The third kappa shape index (κ3) is 2.19. The number of aromatic nitrogens is 2. The summed E-state index contributed by atoms with van der Waals surface area (Å²) in [6.45, 7) is 3.50. The van der Waals surface area contributed by atoms with E-state index in [1.165, 1.54) is 0 Å². The van der Waals surface area contributed by atoms with E-state index in [9.17, 15) is 5.11 Å². The quantitative estimate of drug-likeness (QED) is 0.771. The summed E-state index contributed by atoms with van der Waals surface area (Å²) < 4.78 is 7.39. The fourth-order valence-electron chi connectivity index (χ4n) is 3.18. The van der Waals surface area contributed by atoms with E-state index in [1.807, 2.05) is 47.9 Å². The molecule has 0 aliphatic carbocycles. The normalized spacial score (nSPS) is 15.0. The summed E-state index contributed by atoms with van der Waals surface area (Å²) in [5.41, 5.74) is 2.37. The molecule has 6 nitrogen and oxygen atoms in total. The van der Waals surface area contributed by atoms with Crippen LogP contribution in [0.4, 0.5) is 0 Å². The van der Waals surface area contributed by atoms with E-state index in [0.717, 1.165) is 23.3 Å². The zero-order valence-electron chi connectivity index (χ0n) is 13.4. The Labute approximate surface area is 139 Å². The Hall–Kier alpha value is -3.02. The molecule has 0 saturated carbocycles. The van der Waals surface area contributed by atoms with Crippen molar-refractivity contribution in [1.29, 1.82) is 5.41 Å². The van der Waals surface area contributed by atoms with Gasteiger partial charge in [0.25, 0.3) is 0 Å². The number of imidazole rings is 1. The van der Waals surface area contributed by atoms with Crippen LogP contribution in [-0.4, -0.2) is 31.9 Å². The molecule has 4 rings (SSSR count). The van der Waals surface area contributed by atoms with Crippen molar-refractivity contribution in [3.05, 3.63) is 60.0 Å². The van der Waals surface area contributed by atoms with Crippen molar-refractivity contribution in [1.82, 2.24) is 14.5 Å². The van der Waals surface area contributed by atoms with Crippen molar-refractivity contribution in [2.75, 3.05) is 6.54 Å². The zero-order chi connectivity index (χ0) is 16.7. The SMILES string of the molecule is CCn1c(C2=C(O)CN(Cc3ccco3)C2=N)nc2ccccc21. The molecule has 0 saturated heterocycles. The van der Waals surface area contributed by atoms with Gasteiger partial charge in [0.05, 0.1) is 36.0 Å². The van der Waals surface area contributed by atoms with E-state index in [4.69, 9.17) is 9.83 Å². The standard InChI is InChI=1S/C18H18N4O2/c1-2-22-14-8-4-3-7-13(14)20-18(22)16-15(23)11-21(17(16)19)10-12-6-5-9-24-12/h3-9,19,23H,2,10-11H2,1H3. The number of nitrogens with one attached hydrogen (secondary N) is 1. The molecule has 3 aromatic rings. The lowest BCUT2D eigenvalue weighted by Gasteiger charge is -2.17. The Morgan fingerprint density at radius 2 is 2.08 bits per heavy atom. The number of aliphatic hydroxyl groups excluding tert-OH is 1. The van der Waals surface area contributed by atoms with Crippen LogP contribution < -0.4 is 0 Å². The number of aliphatic hydroxyl groups is 1. The van der Waals surface area contributed by atoms with Gasteiger partial charge in [0.1, 0.15) is 23.2 Å². The van der Waals surface area contributed by atoms with Crippen LogP contribution in [0.25, 0.3) is 16.6 Å². The van der Waals surface area contributed by atoms with Gasteiger partial charge >= 0.3 is 0 Å².